The molecule has 102 valence electrons. The highest BCUT2D eigenvalue weighted by Gasteiger charge is 2.10. The van der Waals surface area contributed by atoms with E-state index < -0.39 is 0 Å². The molecule has 0 fully saturated rings. The zero-order valence-electron chi connectivity index (χ0n) is 11.2. The molecule has 0 aliphatic rings. The van der Waals surface area contributed by atoms with Crippen molar-refractivity contribution in [2.75, 3.05) is 14.2 Å². The van der Waals surface area contributed by atoms with E-state index in [2.05, 4.69) is 32.2 Å². The van der Waals surface area contributed by atoms with Crippen LogP contribution in [-0.4, -0.2) is 44.2 Å². The second-order valence-corrected chi connectivity index (χ2v) is 3.87. The van der Waals surface area contributed by atoms with Gasteiger partial charge in [-0.05, 0) is 12.8 Å². The van der Waals surface area contributed by atoms with E-state index in [0.717, 1.165) is 25.0 Å². The predicted molar refractivity (Wildman–Crippen MR) is 66.5 cm³/mol. The summed E-state index contributed by atoms with van der Waals surface area (Å²) in [6, 6.07) is 0.347. The molecule has 2 aromatic rings. The summed E-state index contributed by atoms with van der Waals surface area (Å²) in [6.07, 6.45) is 4.86. The molecule has 0 radical (unpaired) electrons. The summed E-state index contributed by atoms with van der Waals surface area (Å²) in [5, 5.41) is 8.06. The van der Waals surface area contributed by atoms with Gasteiger partial charge in [0.2, 0.25) is 0 Å². The van der Waals surface area contributed by atoms with Crippen LogP contribution in [-0.2, 0) is 6.42 Å². The Morgan fingerprint density at radius 3 is 2.37 bits per heavy atom. The highest BCUT2D eigenvalue weighted by atomic mass is 16.5. The molecule has 8 heteroatoms. The van der Waals surface area contributed by atoms with Crippen LogP contribution in [0.4, 0.5) is 0 Å². The maximum Gasteiger partial charge on any atom is 0.324 e. The van der Waals surface area contributed by atoms with Crippen molar-refractivity contribution in [3.8, 4) is 18.0 Å². The minimum absolute atomic E-state index is 0.174. The number of ether oxygens (including phenoxy) is 2. The summed E-state index contributed by atoms with van der Waals surface area (Å²) < 4.78 is 11.5. The number of rotatable bonds is 6. The molecule has 0 aliphatic heterocycles. The second-order valence-electron chi connectivity index (χ2n) is 3.87. The van der Waals surface area contributed by atoms with Crippen LogP contribution in [0.25, 0.3) is 5.95 Å². The lowest BCUT2D eigenvalue weighted by Gasteiger charge is -2.03. The van der Waals surface area contributed by atoms with Crippen LogP contribution in [0.3, 0.4) is 0 Å². The Morgan fingerprint density at radius 1 is 1.11 bits per heavy atom. The fourth-order valence-corrected chi connectivity index (χ4v) is 1.48. The Morgan fingerprint density at radius 2 is 1.79 bits per heavy atom. The first-order valence-electron chi connectivity index (χ1n) is 6.02. The molecule has 2 aromatic heterocycles. The van der Waals surface area contributed by atoms with Gasteiger partial charge in [0.05, 0.1) is 26.1 Å². The number of nitrogens with zero attached hydrogens (tertiary/aromatic N) is 6. The monoisotopic (exact) mass is 264 g/mol. The number of hydrogen-bond acceptors (Lipinski definition) is 7. The fourth-order valence-electron chi connectivity index (χ4n) is 1.48. The molecular formula is C11H16N6O2. The molecule has 2 heterocycles. The maximum absolute atomic E-state index is 4.99. The van der Waals surface area contributed by atoms with E-state index in [4.69, 9.17) is 9.47 Å². The van der Waals surface area contributed by atoms with Crippen LogP contribution in [0, 0.1) is 0 Å². The lowest BCUT2D eigenvalue weighted by atomic mass is 10.2. The maximum atomic E-state index is 4.99. The van der Waals surface area contributed by atoms with E-state index in [0.29, 0.717) is 5.95 Å². The third-order valence-corrected chi connectivity index (χ3v) is 2.48. The second kappa shape index (κ2) is 6.07. The van der Waals surface area contributed by atoms with Crippen molar-refractivity contribution >= 4 is 0 Å². The molecule has 8 nitrogen and oxygen atoms in total. The molecule has 0 atom stereocenters. The van der Waals surface area contributed by atoms with E-state index in [-0.39, 0.29) is 12.0 Å². The van der Waals surface area contributed by atoms with Gasteiger partial charge in [0.15, 0.2) is 0 Å². The summed E-state index contributed by atoms with van der Waals surface area (Å²) in [7, 11) is 2.96. The van der Waals surface area contributed by atoms with Gasteiger partial charge in [-0.25, -0.2) is 0 Å². The summed E-state index contributed by atoms with van der Waals surface area (Å²) in [5.74, 6) is 0.318. The van der Waals surface area contributed by atoms with Crippen molar-refractivity contribution in [1.82, 2.24) is 29.9 Å². The van der Waals surface area contributed by atoms with Crippen molar-refractivity contribution in [3.63, 3.8) is 0 Å². The summed E-state index contributed by atoms with van der Waals surface area (Å²) in [6.45, 7) is 2.13. The van der Waals surface area contributed by atoms with Crippen molar-refractivity contribution in [2.24, 2.45) is 0 Å². The van der Waals surface area contributed by atoms with Crippen molar-refractivity contribution in [2.45, 2.75) is 26.2 Å². The zero-order valence-corrected chi connectivity index (χ0v) is 11.2. The van der Waals surface area contributed by atoms with E-state index >= 15 is 0 Å². The first-order chi connectivity index (χ1) is 9.26. The third kappa shape index (κ3) is 3.15. The quantitative estimate of drug-likeness (QED) is 0.762. The third-order valence-electron chi connectivity index (χ3n) is 2.48. The van der Waals surface area contributed by atoms with Gasteiger partial charge < -0.3 is 9.47 Å². The molecule has 0 saturated carbocycles. The van der Waals surface area contributed by atoms with Gasteiger partial charge in [0.1, 0.15) is 0 Å². The van der Waals surface area contributed by atoms with Crippen molar-refractivity contribution in [3.05, 3.63) is 11.9 Å². The molecule has 0 aliphatic carbocycles. The van der Waals surface area contributed by atoms with Crippen LogP contribution in [0.15, 0.2) is 6.20 Å². The summed E-state index contributed by atoms with van der Waals surface area (Å²) in [5.41, 5.74) is 0.903. The van der Waals surface area contributed by atoms with Gasteiger partial charge in [-0.3, -0.25) is 0 Å². The van der Waals surface area contributed by atoms with E-state index in [1.54, 1.807) is 6.20 Å². The Hall–Kier alpha value is -2.25. The number of hydrogen-bond donors (Lipinski definition) is 0. The van der Waals surface area contributed by atoms with Crippen LogP contribution >= 0.6 is 0 Å². The van der Waals surface area contributed by atoms with E-state index in [9.17, 15) is 0 Å². The fraction of sp³-hybridized carbons (Fsp3) is 0.545. The molecule has 19 heavy (non-hydrogen) atoms. The summed E-state index contributed by atoms with van der Waals surface area (Å²) in [4.78, 5) is 12.1. The lowest BCUT2D eigenvalue weighted by Crippen LogP contribution is -2.07. The highest BCUT2D eigenvalue weighted by molar-refractivity contribution is 5.16. The molecule has 0 spiro atoms. The van der Waals surface area contributed by atoms with Crippen LogP contribution in [0.1, 0.15) is 25.5 Å². The minimum atomic E-state index is 0.174. The van der Waals surface area contributed by atoms with Crippen molar-refractivity contribution in [1.29, 1.82) is 0 Å². The zero-order chi connectivity index (χ0) is 13.7. The lowest BCUT2D eigenvalue weighted by molar-refractivity contribution is 0.338. The largest absolute Gasteiger partial charge is 0.467 e. The minimum Gasteiger partial charge on any atom is -0.467 e. The topological polar surface area (TPSA) is 87.8 Å². The molecule has 0 saturated heterocycles. The standard InChI is InChI=1S/C11H16N6O2/c1-4-5-6-8-7-17(16-15-8)9-12-10(18-2)14-11(13-9)19-3/h7H,4-6H2,1-3H3. The first kappa shape index (κ1) is 13.2. The average Bonchev–Trinajstić information content (AvgIpc) is 2.93. The molecule has 0 N–H and O–H groups in total. The molecule has 0 unspecified atom stereocenters. The molecule has 0 bridgehead atoms. The van der Waals surface area contributed by atoms with Crippen molar-refractivity contribution < 1.29 is 9.47 Å². The summed E-state index contributed by atoms with van der Waals surface area (Å²) >= 11 is 0. The number of aromatic nitrogens is 6. The van der Waals surface area contributed by atoms with Crippen LogP contribution in [0.2, 0.25) is 0 Å². The van der Waals surface area contributed by atoms with E-state index in [1.807, 2.05) is 0 Å². The van der Waals surface area contributed by atoms with Gasteiger partial charge >= 0.3 is 12.0 Å². The van der Waals surface area contributed by atoms with Crippen LogP contribution in [0.5, 0.6) is 12.0 Å². The predicted octanol–water partition coefficient (Wildman–Crippen LogP) is 0.812. The number of unbranched alkanes of at least 4 members (excludes halogenated alkanes) is 1. The van der Waals surface area contributed by atoms with Gasteiger partial charge in [0.25, 0.3) is 5.95 Å². The molecular weight excluding hydrogens is 248 g/mol. The van der Waals surface area contributed by atoms with Gasteiger partial charge in [-0.2, -0.15) is 14.6 Å². The SMILES string of the molecule is CCCCc1cn(-c2nc(OC)nc(OC)n2)nn1. The molecule has 0 aromatic carbocycles. The Labute approximate surface area is 110 Å². The first-order valence-corrected chi connectivity index (χ1v) is 6.02. The average molecular weight is 264 g/mol. The number of methoxy groups -OCH3 is 2. The smallest absolute Gasteiger partial charge is 0.324 e. The molecule has 2 rings (SSSR count). The van der Waals surface area contributed by atoms with Gasteiger partial charge in [-0.1, -0.05) is 18.6 Å². The Kier molecular flexibility index (Phi) is 4.22. The Balaban J connectivity index is 2.27. The number of aryl methyl sites for hydroxylation is 1. The van der Waals surface area contributed by atoms with Crippen LogP contribution < -0.4 is 9.47 Å². The van der Waals surface area contributed by atoms with E-state index in [1.165, 1.54) is 18.9 Å². The molecule has 0 amide bonds. The highest BCUT2D eigenvalue weighted by Crippen LogP contribution is 2.12. The van der Waals surface area contributed by atoms with Gasteiger partial charge in [0, 0.05) is 0 Å². The normalized spacial score (nSPS) is 10.5. The Bertz CT molecular complexity index is 519. The van der Waals surface area contributed by atoms with Gasteiger partial charge in [-0.15, -0.1) is 10.1 Å².